The first-order chi connectivity index (χ1) is 8.02. The average molecular weight is 299 g/mol. The number of nitrogens with zero attached hydrogens (tertiary/aromatic N) is 1. The predicted octanol–water partition coefficient (Wildman–Crippen LogP) is 3.25. The zero-order valence-electron chi connectivity index (χ0n) is 9.36. The predicted molar refractivity (Wildman–Crippen MR) is 67.5 cm³/mol. The van der Waals surface area contributed by atoms with Gasteiger partial charge in [-0.1, -0.05) is 6.07 Å². The quantitative estimate of drug-likeness (QED) is 0.529. The summed E-state index contributed by atoms with van der Waals surface area (Å²) in [5.74, 6) is 0. The summed E-state index contributed by atoms with van der Waals surface area (Å²) in [6.07, 6.45) is 0.877. The standard InChI is InChI=1S/C11H11BrN2O3/c1-7-3-4-9(5-10(7)13-6-15)14-11(16)17-8(2)12/h3-5,8H,1-2H3,(H,14,16). The van der Waals surface area contributed by atoms with E-state index in [1.165, 1.54) is 6.08 Å². The van der Waals surface area contributed by atoms with Crippen LogP contribution in [0.2, 0.25) is 0 Å². The van der Waals surface area contributed by atoms with Gasteiger partial charge in [-0.25, -0.2) is 9.59 Å². The fourth-order valence-electron chi connectivity index (χ4n) is 1.15. The van der Waals surface area contributed by atoms with Crippen LogP contribution in [0.25, 0.3) is 0 Å². The molecule has 0 aliphatic rings. The van der Waals surface area contributed by atoms with Crippen LogP contribution in [-0.4, -0.2) is 17.2 Å². The van der Waals surface area contributed by atoms with Gasteiger partial charge in [0, 0.05) is 5.69 Å². The van der Waals surface area contributed by atoms with Gasteiger partial charge in [-0.05, 0) is 47.5 Å². The van der Waals surface area contributed by atoms with Gasteiger partial charge in [0.25, 0.3) is 0 Å². The van der Waals surface area contributed by atoms with Crippen molar-refractivity contribution in [2.24, 2.45) is 4.99 Å². The average Bonchev–Trinajstić information content (AvgIpc) is 2.22. The Hall–Kier alpha value is -1.65. The number of nitrogens with one attached hydrogen (secondary N) is 1. The van der Waals surface area contributed by atoms with Gasteiger partial charge in [0.05, 0.1) is 5.69 Å². The summed E-state index contributed by atoms with van der Waals surface area (Å²) in [6, 6.07) is 5.00. The third-order valence-corrected chi connectivity index (χ3v) is 2.08. The van der Waals surface area contributed by atoms with Gasteiger partial charge in [0.1, 0.15) is 0 Å². The van der Waals surface area contributed by atoms with Crippen LogP contribution in [0.3, 0.4) is 0 Å². The summed E-state index contributed by atoms with van der Waals surface area (Å²) in [7, 11) is 0. The molecule has 0 saturated carbocycles. The van der Waals surface area contributed by atoms with Crippen LogP contribution in [0.1, 0.15) is 12.5 Å². The highest BCUT2D eigenvalue weighted by atomic mass is 79.9. The lowest BCUT2D eigenvalue weighted by atomic mass is 10.2. The minimum absolute atomic E-state index is 0.375. The van der Waals surface area contributed by atoms with E-state index in [0.717, 1.165) is 5.56 Å². The Kier molecular flexibility index (Phi) is 4.87. The molecule has 1 rings (SSSR count). The summed E-state index contributed by atoms with van der Waals surface area (Å²) < 4.78 is 4.84. The molecule has 1 aromatic rings. The van der Waals surface area contributed by atoms with Crippen LogP contribution in [0.15, 0.2) is 23.2 Å². The third-order valence-electron chi connectivity index (χ3n) is 1.89. The zero-order valence-corrected chi connectivity index (χ0v) is 10.9. The first-order valence-electron chi connectivity index (χ1n) is 4.83. The number of alkyl halides is 1. The Morgan fingerprint density at radius 3 is 2.88 bits per heavy atom. The van der Waals surface area contributed by atoms with Crippen molar-refractivity contribution in [2.75, 3.05) is 5.32 Å². The normalized spacial score (nSPS) is 11.2. The highest BCUT2D eigenvalue weighted by Crippen LogP contribution is 2.22. The number of hydrogen-bond donors (Lipinski definition) is 1. The Balaban J connectivity index is 2.82. The number of amides is 1. The van der Waals surface area contributed by atoms with Crippen molar-refractivity contribution in [3.63, 3.8) is 0 Å². The molecule has 90 valence electrons. The SMILES string of the molecule is Cc1ccc(NC(=O)OC(C)Br)cc1N=C=O. The van der Waals surface area contributed by atoms with Crippen molar-refractivity contribution in [2.45, 2.75) is 18.9 Å². The molecule has 6 heteroatoms. The number of carbonyl (C=O) groups excluding carboxylic acids is 2. The molecule has 1 N–H and O–H groups in total. The molecule has 0 aliphatic heterocycles. The molecular weight excluding hydrogens is 288 g/mol. The maximum atomic E-state index is 11.3. The molecule has 1 unspecified atom stereocenters. The molecule has 0 aliphatic carbocycles. The monoisotopic (exact) mass is 298 g/mol. The van der Waals surface area contributed by atoms with E-state index in [2.05, 4.69) is 26.2 Å². The van der Waals surface area contributed by atoms with Gasteiger partial charge >= 0.3 is 6.09 Å². The van der Waals surface area contributed by atoms with Gasteiger partial charge in [0.2, 0.25) is 6.08 Å². The number of carbonyl (C=O) groups is 1. The summed E-state index contributed by atoms with van der Waals surface area (Å²) >= 11 is 3.09. The molecule has 0 radical (unpaired) electrons. The van der Waals surface area contributed by atoms with E-state index in [1.807, 2.05) is 0 Å². The fourth-order valence-corrected chi connectivity index (χ4v) is 1.32. The number of anilines is 1. The van der Waals surface area contributed by atoms with E-state index in [0.29, 0.717) is 11.4 Å². The summed E-state index contributed by atoms with van der Waals surface area (Å²) in [4.78, 5) is 25.0. The number of ether oxygens (including phenoxy) is 1. The summed E-state index contributed by atoms with van der Waals surface area (Å²) in [5, 5.41) is 2.14. The van der Waals surface area contributed by atoms with Crippen LogP contribution in [0, 0.1) is 6.92 Å². The molecule has 17 heavy (non-hydrogen) atoms. The molecular formula is C11H11BrN2O3. The van der Waals surface area contributed by atoms with E-state index >= 15 is 0 Å². The number of hydrogen-bond acceptors (Lipinski definition) is 4. The second kappa shape index (κ2) is 6.18. The molecule has 0 heterocycles. The lowest BCUT2D eigenvalue weighted by Crippen LogP contribution is -2.16. The van der Waals surface area contributed by atoms with Crippen LogP contribution in [-0.2, 0) is 9.53 Å². The van der Waals surface area contributed by atoms with E-state index in [4.69, 9.17) is 4.74 Å². The Labute approximate surface area is 107 Å². The number of halogens is 1. The van der Waals surface area contributed by atoms with Crippen molar-refractivity contribution >= 4 is 39.5 Å². The Morgan fingerprint density at radius 1 is 1.59 bits per heavy atom. The van der Waals surface area contributed by atoms with Crippen molar-refractivity contribution in [3.8, 4) is 0 Å². The molecule has 1 atom stereocenters. The molecule has 0 saturated heterocycles. The van der Waals surface area contributed by atoms with Crippen LogP contribution in [0.5, 0.6) is 0 Å². The van der Waals surface area contributed by atoms with E-state index < -0.39 is 6.09 Å². The largest absolute Gasteiger partial charge is 0.435 e. The lowest BCUT2D eigenvalue weighted by Gasteiger charge is -2.09. The lowest BCUT2D eigenvalue weighted by molar-refractivity contribution is 0.159. The van der Waals surface area contributed by atoms with Gasteiger partial charge in [-0.15, -0.1) is 0 Å². The van der Waals surface area contributed by atoms with Crippen LogP contribution in [0.4, 0.5) is 16.2 Å². The smallest absolute Gasteiger partial charge is 0.412 e. The third kappa shape index (κ3) is 4.38. The van der Waals surface area contributed by atoms with Gasteiger partial charge < -0.3 is 4.74 Å². The van der Waals surface area contributed by atoms with Crippen molar-refractivity contribution in [1.82, 2.24) is 0 Å². The number of rotatable bonds is 3. The number of aryl methyl sites for hydroxylation is 1. The maximum Gasteiger partial charge on any atom is 0.412 e. The van der Waals surface area contributed by atoms with Crippen molar-refractivity contribution < 1.29 is 14.3 Å². The van der Waals surface area contributed by atoms with Gasteiger partial charge in [-0.3, -0.25) is 5.32 Å². The molecule has 0 bridgehead atoms. The minimum atomic E-state index is -0.584. The highest BCUT2D eigenvalue weighted by molar-refractivity contribution is 9.09. The number of benzene rings is 1. The van der Waals surface area contributed by atoms with Crippen LogP contribution < -0.4 is 5.32 Å². The maximum absolute atomic E-state index is 11.3. The number of isocyanates is 1. The van der Waals surface area contributed by atoms with Crippen molar-refractivity contribution in [3.05, 3.63) is 23.8 Å². The molecule has 1 aromatic carbocycles. The first kappa shape index (κ1) is 13.4. The topological polar surface area (TPSA) is 67.8 Å². The number of aliphatic imine (C=N–C) groups is 1. The van der Waals surface area contributed by atoms with E-state index in [9.17, 15) is 9.59 Å². The highest BCUT2D eigenvalue weighted by Gasteiger charge is 2.07. The molecule has 1 amide bonds. The fraction of sp³-hybridized carbons (Fsp3) is 0.273. The molecule has 0 fully saturated rings. The Morgan fingerprint density at radius 2 is 2.29 bits per heavy atom. The molecule has 5 nitrogen and oxygen atoms in total. The zero-order chi connectivity index (χ0) is 12.8. The van der Waals surface area contributed by atoms with Crippen LogP contribution >= 0.6 is 15.9 Å². The molecule has 0 spiro atoms. The van der Waals surface area contributed by atoms with Gasteiger partial charge in [0.15, 0.2) is 5.01 Å². The van der Waals surface area contributed by atoms with Gasteiger partial charge in [-0.2, -0.15) is 4.99 Å². The first-order valence-corrected chi connectivity index (χ1v) is 5.74. The van der Waals surface area contributed by atoms with E-state index in [-0.39, 0.29) is 5.01 Å². The second-order valence-corrected chi connectivity index (χ2v) is 4.57. The minimum Gasteiger partial charge on any atom is -0.435 e. The van der Waals surface area contributed by atoms with E-state index in [1.54, 1.807) is 32.0 Å². The molecule has 0 aromatic heterocycles. The summed E-state index contributed by atoms with van der Waals surface area (Å²) in [6.45, 7) is 3.48. The Bertz CT molecular complexity index is 468. The van der Waals surface area contributed by atoms with Crippen molar-refractivity contribution in [1.29, 1.82) is 0 Å². The summed E-state index contributed by atoms with van der Waals surface area (Å²) in [5.41, 5.74) is 1.79. The second-order valence-electron chi connectivity index (χ2n) is 3.28.